The third-order valence-electron chi connectivity index (χ3n) is 4.77. The summed E-state index contributed by atoms with van der Waals surface area (Å²) in [7, 11) is -2.86. The molecule has 0 aromatic heterocycles. The molecule has 4 nitrogen and oxygen atoms in total. The van der Waals surface area contributed by atoms with Crippen molar-refractivity contribution in [3.05, 3.63) is 90.5 Å². The van der Waals surface area contributed by atoms with Gasteiger partial charge < -0.3 is 18.8 Å². The first-order valence-electron chi connectivity index (χ1n) is 10.3. The van der Waals surface area contributed by atoms with Gasteiger partial charge in [0.25, 0.3) is 0 Å². The zero-order valence-electron chi connectivity index (χ0n) is 17.4. The van der Waals surface area contributed by atoms with E-state index < -0.39 is 7.14 Å². The molecule has 0 heterocycles. The Kier molecular flexibility index (Phi) is 8.70. The Morgan fingerprint density at radius 1 is 0.667 bits per heavy atom. The molecule has 5 heteroatoms. The van der Waals surface area contributed by atoms with Gasteiger partial charge in [-0.25, -0.2) is 0 Å². The lowest BCUT2D eigenvalue weighted by molar-refractivity contribution is 0.0404. The number of hydrogen-bond acceptors (Lipinski definition) is 4. The van der Waals surface area contributed by atoms with Gasteiger partial charge in [-0.1, -0.05) is 78.9 Å². The van der Waals surface area contributed by atoms with E-state index in [0.29, 0.717) is 39.2 Å². The number of rotatable bonds is 12. The molecule has 0 saturated carbocycles. The van der Waals surface area contributed by atoms with E-state index in [4.69, 9.17) is 14.2 Å². The summed E-state index contributed by atoms with van der Waals surface area (Å²) in [4.78, 5) is 0. The summed E-state index contributed by atoms with van der Waals surface area (Å²) < 4.78 is 31.1. The van der Waals surface area contributed by atoms with Gasteiger partial charge in [-0.3, -0.25) is 0 Å². The van der Waals surface area contributed by atoms with Crippen LogP contribution in [0.15, 0.2) is 84.9 Å². The van der Waals surface area contributed by atoms with Crippen LogP contribution in [0.3, 0.4) is 0 Å². The molecule has 30 heavy (non-hydrogen) atoms. The molecule has 0 unspecified atom stereocenters. The SMILES string of the molecule is CCOCCOCCOc1ccccc1CP(=O)(c1ccccc1)c1ccccc1. The van der Waals surface area contributed by atoms with Crippen molar-refractivity contribution in [1.29, 1.82) is 0 Å². The minimum absolute atomic E-state index is 0.405. The second-order valence-electron chi connectivity index (χ2n) is 6.83. The van der Waals surface area contributed by atoms with Crippen LogP contribution < -0.4 is 15.3 Å². The standard InChI is InChI=1S/C25H29O4P/c1-2-27-17-18-28-19-20-29-25-16-10-9-11-22(25)21-30(26,23-12-5-3-6-13-23)24-14-7-4-8-15-24/h3-16H,2,17-21H2,1H3. The Morgan fingerprint density at radius 3 is 1.83 bits per heavy atom. The summed E-state index contributed by atoms with van der Waals surface area (Å²) in [6.45, 7) is 4.71. The van der Waals surface area contributed by atoms with Gasteiger partial charge in [0, 0.05) is 28.9 Å². The first-order chi connectivity index (χ1) is 14.7. The smallest absolute Gasteiger partial charge is 0.147 e. The Balaban J connectivity index is 1.75. The number of benzene rings is 3. The van der Waals surface area contributed by atoms with Crippen molar-refractivity contribution in [1.82, 2.24) is 0 Å². The van der Waals surface area contributed by atoms with Crippen LogP contribution in [0, 0.1) is 0 Å². The van der Waals surface area contributed by atoms with E-state index in [1.807, 2.05) is 91.9 Å². The molecule has 0 amide bonds. The minimum Gasteiger partial charge on any atom is -0.491 e. The fraction of sp³-hybridized carbons (Fsp3) is 0.280. The van der Waals surface area contributed by atoms with E-state index in [0.717, 1.165) is 21.9 Å². The van der Waals surface area contributed by atoms with Crippen LogP contribution >= 0.6 is 7.14 Å². The molecule has 3 rings (SSSR count). The lowest BCUT2D eigenvalue weighted by Gasteiger charge is -2.21. The van der Waals surface area contributed by atoms with Crippen molar-refractivity contribution < 1.29 is 18.8 Å². The summed E-state index contributed by atoms with van der Waals surface area (Å²) in [5, 5.41) is 1.70. The molecule has 0 spiro atoms. The highest BCUT2D eigenvalue weighted by Crippen LogP contribution is 2.48. The molecule has 0 N–H and O–H groups in total. The Hall–Kier alpha value is -2.39. The minimum atomic E-state index is -2.86. The molecule has 3 aromatic rings. The zero-order valence-corrected chi connectivity index (χ0v) is 18.3. The van der Waals surface area contributed by atoms with E-state index >= 15 is 0 Å². The number of para-hydroxylation sites is 1. The molecule has 0 radical (unpaired) electrons. The maximum Gasteiger partial charge on any atom is 0.147 e. The van der Waals surface area contributed by atoms with Crippen LogP contribution in [0.4, 0.5) is 0 Å². The van der Waals surface area contributed by atoms with Gasteiger partial charge in [0.15, 0.2) is 0 Å². The molecule has 3 aromatic carbocycles. The molecule has 158 valence electrons. The normalized spacial score (nSPS) is 11.4. The van der Waals surface area contributed by atoms with Crippen LogP contribution in [0.25, 0.3) is 0 Å². The molecule has 0 atom stereocenters. The maximum absolute atomic E-state index is 14.3. The van der Waals surface area contributed by atoms with Crippen LogP contribution in [-0.4, -0.2) is 33.0 Å². The van der Waals surface area contributed by atoms with Crippen molar-refractivity contribution in [3.8, 4) is 5.75 Å². The molecule has 0 aliphatic rings. The molecule has 0 bridgehead atoms. The quantitative estimate of drug-likeness (QED) is 0.314. The third-order valence-corrected chi connectivity index (χ3v) is 7.82. The monoisotopic (exact) mass is 424 g/mol. The molecular weight excluding hydrogens is 395 g/mol. The Morgan fingerprint density at radius 2 is 1.20 bits per heavy atom. The van der Waals surface area contributed by atoms with Gasteiger partial charge in [-0.15, -0.1) is 0 Å². The third kappa shape index (κ3) is 6.06. The zero-order chi connectivity index (χ0) is 21.1. The molecule has 0 aliphatic carbocycles. The second kappa shape index (κ2) is 11.7. The molecule has 0 saturated heterocycles. The van der Waals surface area contributed by atoms with Crippen molar-refractivity contribution in [2.75, 3.05) is 33.0 Å². The lowest BCUT2D eigenvalue weighted by Crippen LogP contribution is -2.18. The summed E-state index contributed by atoms with van der Waals surface area (Å²) in [6, 6.07) is 27.2. The average molecular weight is 424 g/mol. The van der Waals surface area contributed by atoms with E-state index in [9.17, 15) is 4.57 Å². The fourth-order valence-corrected chi connectivity index (χ4v) is 5.97. The van der Waals surface area contributed by atoms with E-state index in [-0.39, 0.29) is 0 Å². The van der Waals surface area contributed by atoms with Gasteiger partial charge in [0.1, 0.15) is 19.5 Å². The van der Waals surface area contributed by atoms with Crippen LogP contribution in [0.2, 0.25) is 0 Å². The van der Waals surface area contributed by atoms with E-state index in [1.54, 1.807) is 0 Å². The predicted molar refractivity (Wildman–Crippen MR) is 123 cm³/mol. The van der Waals surface area contributed by atoms with Crippen molar-refractivity contribution >= 4 is 17.8 Å². The molecule has 0 aliphatic heterocycles. The summed E-state index contributed by atoms with van der Waals surface area (Å²) in [5.74, 6) is 0.748. The van der Waals surface area contributed by atoms with E-state index in [1.165, 1.54) is 0 Å². The summed E-state index contributed by atoms with van der Waals surface area (Å²) in [5.41, 5.74) is 0.933. The predicted octanol–water partition coefficient (Wildman–Crippen LogP) is 4.63. The van der Waals surface area contributed by atoms with Gasteiger partial charge in [0.2, 0.25) is 0 Å². The topological polar surface area (TPSA) is 44.8 Å². The highest BCUT2D eigenvalue weighted by molar-refractivity contribution is 7.78. The highest BCUT2D eigenvalue weighted by atomic mass is 31.2. The van der Waals surface area contributed by atoms with Gasteiger partial charge >= 0.3 is 0 Å². The number of ether oxygens (including phenoxy) is 3. The van der Waals surface area contributed by atoms with Crippen LogP contribution in [-0.2, 0) is 20.2 Å². The maximum atomic E-state index is 14.3. The summed E-state index contributed by atoms with van der Waals surface area (Å²) in [6.07, 6.45) is 0.405. The Labute approximate surface area is 179 Å². The second-order valence-corrected chi connectivity index (χ2v) is 9.66. The van der Waals surface area contributed by atoms with Gasteiger partial charge in [-0.2, -0.15) is 0 Å². The van der Waals surface area contributed by atoms with Gasteiger partial charge in [0.05, 0.1) is 19.8 Å². The molecular formula is C25H29O4P. The van der Waals surface area contributed by atoms with Crippen LogP contribution in [0.1, 0.15) is 12.5 Å². The fourth-order valence-electron chi connectivity index (χ4n) is 3.26. The van der Waals surface area contributed by atoms with Crippen molar-refractivity contribution in [2.45, 2.75) is 13.1 Å². The first-order valence-corrected chi connectivity index (χ1v) is 12.2. The van der Waals surface area contributed by atoms with E-state index in [2.05, 4.69) is 0 Å². The largest absolute Gasteiger partial charge is 0.491 e. The van der Waals surface area contributed by atoms with Crippen LogP contribution in [0.5, 0.6) is 5.75 Å². The highest BCUT2D eigenvalue weighted by Gasteiger charge is 2.28. The van der Waals surface area contributed by atoms with Gasteiger partial charge in [-0.05, 0) is 13.0 Å². The van der Waals surface area contributed by atoms with Crippen molar-refractivity contribution in [3.63, 3.8) is 0 Å². The Bertz CT molecular complexity index is 885. The first kappa shape index (κ1) is 22.3. The number of hydrogen-bond donors (Lipinski definition) is 0. The molecule has 0 fully saturated rings. The lowest BCUT2D eigenvalue weighted by atomic mass is 10.2. The average Bonchev–Trinajstić information content (AvgIpc) is 2.80. The summed E-state index contributed by atoms with van der Waals surface area (Å²) >= 11 is 0. The van der Waals surface area contributed by atoms with Crippen molar-refractivity contribution in [2.24, 2.45) is 0 Å².